The maximum Gasteiger partial charge on any atom is 0.133 e. The van der Waals surface area contributed by atoms with E-state index in [1.165, 1.54) is 38.5 Å². The van der Waals surface area contributed by atoms with Gasteiger partial charge in [-0.3, -0.25) is 0 Å². The van der Waals surface area contributed by atoms with Crippen LogP contribution in [0.5, 0.6) is 5.75 Å². The third kappa shape index (κ3) is 6.27. The van der Waals surface area contributed by atoms with E-state index in [9.17, 15) is 5.11 Å². The summed E-state index contributed by atoms with van der Waals surface area (Å²) < 4.78 is 6.10. The number of methoxy groups -OCH3 is 1. The lowest BCUT2D eigenvalue weighted by Crippen LogP contribution is -1.98. The van der Waals surface area contributed by atoms with Crippen LogP contribution in [0.2, 0.25) is 0 Å². The largest absolute Gasteiger partial charge is 0.496 e. The van der Waals surface area contributed by atoms with Gasteiger partial charge in [-0.1, -0.05) is 57.9 Å². The number of halogens is 1. The Bertz CT molecular complexity index is 379. The zero-order valence-electron chi connectivity index (χ0n) is 12.7. The fourth-order valence-electron chi connectivity index (χ4n) is 2.35. The molecule has 0 saturated carbocycles. The summed E-state index contributed by atoms with van der Waals surface area (Å²) in [6, 6.07) is 5.79. The average molecular weight is 343 g/mol. The van der Waals surface area contributed by atoms with E-state index in [2.05, 4.69) is 22.9 Å². The topological polar surface area (TPSA) is 29.5 Å². The Morgan fingerprint density at radius 3 is 2.35 bits per heavy atom. The Hall–Kier alpha value is -0.540. The van der Waals surface area contributed by atoms with Gasteiger partial charge in [-0.15, -0.1) is 0 Å². The van der Waals surface area contributed by atoms with Gasteiger partial charge in [-0.2, -0.15) is 0 Å². The molecule has 0 aromatic heterocycles. The number of hydrogen-bond donors (Lipinski definition) is 1. The van der Waals surface area contributed by atoms with E-state index in [0.717, 1.165) is 28.6 Å². The van der Waals surface area contributed by atoms with Crippen LogP contribution in [0.4, 0.5) is 0 Å². The zero-order chi connectivity index (χ0) is 14.8. The summed E-state index contributed by atoms with van der Waals surface area (Å²) >= 11 is 3.46. The lowest BCUT2D eigenvalue weighted by molar-refractivity contribution is 0.163. The number of rotatable bonds is 10. The van der Waals surface area contributed by atoms with Crippen molar-refractivity contribution >= 4 is 15.9 Å². The predicted octanol–water partition coefficient (Wildman–Crippen LogP) is 5.63. The lowest BCUT2D eigenvalue weighted by Gasteiger charge is -2.12. The standard InChI is InChI=1S/C17H27BrO2/c1-3-4-5-6-7-8-9-10-16(19)14-11-12-17(20-2)15(18)13-14/h11-13,16,19H,3-10H2,1-2H3. The summed E-state index contributed by atoms with van der Waals surface area (Å²) in [5.74, 6) is 0.803. The maximum atomic E-state index is 10.2. The van der Waals surface area contributed by atoms with Crippen molar-refractivity contribution in [1.29, 1.82) is 0 Å². The number of aliphatic hydroxyl groups excluding tert-OH is 1. The summed E-state index contributed by atoms with van der Waals surface area (Å²) in [5.41, 5.74) is 0.962. The van der Waals surface area contributed by atoms with Gasteiger partial charge < -0.3 is 9.84 Å². The van der Waals surface area contributed by atoms with Crippen LogP contribution in [0.25, 0.3) is 0 Å². The van der Waals surface area contributed by atoms with Gasteiger partial charge in [0.05, 0.1) is 17.7 Å². The molecule has 1 rings (SSSR count). The third-order valence-electron chi connectivity index (χ3n) is 3.64. The van der Waals surface area contributed by atoms with Crippen molar-refractivity contribution in [1.82, 2.24) is 0 Å². The van der Waals surface area contributed by atoms with Gasteiger partial charge in [0.25, 0.3) is 0 Å². The quantitative estimate of drug-likeness (QED) is 0.558. The number of unbranched alkanes of at least 4 members (excludes halogenated alkanes) is 6. The minimum atomic E-state index is -0.368. The number of hydrogen-bond acceptors (Lipinski definition) is 2. The number of ether oxygens (including phenoxy) is 1. The van der Waals surface area contributed by atoms with Crippen LogP contribution in [0.15, 0.2) is 22.7 Å². The Morgan fingerprint density at radius 1 is 1.10 bits per heavy atom. The van der Waals surface area contributed by atoms with Gasteiger partial charge in [0.2, 0.25) is 0 Å². The average Bonchev–Trinajstić information content (AvgIpc) is 2.46. The number of aliphatic hydroxyl groups is 1. The molecule has 0 aliphatic rings. The summed E-state index contributed by atoms with van der Waals surface area (Å²) in [6.45, 7) is 2.24. The molecular weight excluding hydrogens is 316 g/mol. The first-order chi connectivity index (χ1) is 9.69. The molecule has 0 aliphatic carbocycles. The summed E-state index contributed by atoms with van der Waals surface area (Å²) in [5, 5.41) is 10.2. The van der Waals surface area contributed by atoms with E-state index in [1.54, 1.807) is 7.11 Å². The Balaban J connectivity index is 2.25. The fourth-order valence-corrected chi connectivity index (χ4v) is 2.91. The van der Waals surface area contributed by atoms with Crippen molar-refractivity contribution < 1.29 is 9.84 Å². The second kappa shape index (κ2) is 10.2. The van der Waals surface area contributed by atoms with E-state index in [1.807, 2.05) is 18.2 Å². The SMILES string of the molecule is CCCCCCCCCC(O)c1ccc(OC)c(Br)c1. The highest BCUT2D eigenvalue weighted by atomic mass is 79.9. The fraction of sp³-hybridized carbons (Fsp3) is 0.647. The van der Waals surface area contributed by atoms with Crippen LogP contribution >= 0.6 is 15.9 Å². The maximum absolute atomic E-state index is 10.2. The molecule has 1 aromatic rings. The van der Waals surface area contributed by atoms with Crippen LogP contribution in [-0.2, 0) is 0 Å². The number of benzene rings is 1. The molecule has 0 bridgehead atoms. The van der Waals surface area contributed by atoms with Gasteiger partial charge in [0, 0.05) is 0 Å². The van der Waals surface area contributed by atoms with E-state index in [4.69, 9.17) is 4.74 Å². The molecule has 0 fully saturated rings. The molecule has 0 saturated heterocycles. The summed E-state index contributed by atoms with van der Waals surface area (Å²) in [7, 11) is 1.65. The minimum absolute atomic E-state index is 0.368. The van der Waals surface area contributed by atoms with Crippen LogP contribution in [0.1, 0.15) is 70.0 Å². The highest BCUT2D eigenvalue weighted by molar-refractivity contribution is 9.10. The van der Waals surface area contributed by atoms with Crippen molar-refractivity contribution in [2.45, 2.75) is 64.4 Å². The molecule has 1 atom stereocenters. The van der Waals surface area contributed by atoms with E-state index < -0.39 is 0 Å². The lowest BCUT2D eigenvalue weighted by atomic mass is 10.0. The Kier molecular flexibility index (Phi) is 8.95. The third-order valence-corrected chi connectivity index (χ3v) is 4.26. The monoisotopic (exact) mass is 342 g/mol. The van der Waals surface area contributed by atoms with Gasteiger partial charge in [-0.05, 0) is 40.0 Å². The predicted molar refractivity (Wildman–Crippen MR) is 88.3 cm³/mol. The molecule has 2 nitrogen and oxygen atoms in total. The molecule has 3 heteroatoms. The molecule has 20 heavy (non-hydrogen) atoms. The van der Waals surface area contributed by atoms with Crippen molar-refractivity contribution in [3.63, 3.8) is 0 Å². The minimum Gasteiger partial charge on any atom is -0.496 e. The Morgan fingerprint density at radius 2 is 1.75 bits per heavy atom. The van der Waals surface area contributed by atoms with E-state index in [0.29, 0.717) is 0 Å². The first-order valence-corrected chi connectivity index (χ1v) is 8.49. The summed E-state index contributed by atoms with van der Waals surface area (Å²) in [6.07, 6.45) is 9.41. The summed E-state index contributed by atoms with van der Waals surface area (Å²) in [4.78, 5) is 0. The molecule has 1 N–H and O–H groups in total. The van der Waals surface area contributed by atoms with Crippen molar-refractivity contribution in [3.05, 3.63) is 28.2 Å². The van der Waals surface area contributed by atoms with Crippen molar-refractivity contribution in [2.75, 3.05) is 7.11 Å². The zero-order valence-corrected chi connectivity index (χ0v) is 14.3. The molecular formula is C17H27BrO2. The van der Waals surface area contributed by atoms with Crippen molar-refractivity contribution in [2.24, 2.45) is 0 Å². The van der Waals surface area contributed by atoms with Gasteiger partial charge in [0.15, 0.2) is 0 Å². The smallest absolute Gasteiger partial charge is 0.133 e. The van der Waals surface area contributed by atoms with Gasteiger partial charge >= 0.3 is 0 Å². The second-order valence-electron chi connectivity index (χ2n) is 5.32. The van der Waals surface area contributed by atoms with Crippen LogP contribution < -0.4 is 4.74 Å². The molecule has 0 spiro atoms. The first-order valence-electron chi connectivity index (χ1n) is 7.70. The van der Waals surface area contributed by atoms with E-state index >= 15 is 0 Å². The van der Waals surface area contributed by atoms with Crippen molar-refractivity contribution in [3.8, 4) is 5.75 Å². The van der Waals surface area contributed by atoms with Gasteiger partial charge in [0.1, 0.15) is 5.75 Å². The highest BCUT2D eigenvalue weighted by Gasteiger charge is 2.09. The van der Waals surface area contributed by atoms with Gasteiger partial charge in [-0.25, -0.2) is 0 Å². The Labute approximate surface area is 131 Å². The molecule has 1 aromatic carbocycles. The van der Waals surface area contributed by atoms with E-state index in [-0.39, 0.29) is 6.10 Å². The van der Waals surface area contributed by atoms with Crippen LogP contribution in [0.3, 0.4) is 0 Å². The van der Waals surface area contributed by atoms with Crippen LogP contribution in [0, 0.1) is 0 Å². The normalized spacial score (nSPS) is 12.4. The van der Waals surface area contributed by atoms with Crippen LogP contribution in [-0.4, -0.2) is 12.2 Å². The molecule has 1 unspecified atom stereocenters. The first kappa shape index (κ1) is 17.5. The highest BCUT2D eigenvalue weighted by Crippen LogP contribution is 2.29. The molecule has 0 heterocycles. The molecule has 0 amide bonds. The molecule has 0 aliphatic heterocycles. The molecule has 0 radical (unpaired) electrons. The second-order valence-corrected chi connectivity index (χ2v) is 6.17. The molecule has 114 valence electrons.